The van der Waals surface area contributed by atoms with Crippen LogP contribution < -0.4 is 5.56 Å². The molecule has 0 spiro atoms. The molecule has 0 aliphatic carbocycles. The lowest BCUT2D eigenvalue weighted by molar-refractivity contribution is -0.130. The zero-order valence-corrected chi connectivity index (χ0v) is 13.4. The second-order valence-electron chi connectivity index (χ2n) is 6.04. The summed E-state index contributed by atoms with van der Waals surface area (Å²) in [6, 6.07) is 5.76. The maximum Gasteiger partial charge on any atom is 0.264 e. The molecule has 0 N–H and O–H groups in total. The molecule has 3 heterocycles. The number of amides is 1. The quantitative estimate of drug-likeness (QED) is 0.721. The number of aromatic nitrogens is 4. The van der Waals surface area contributed by atoms with E-state index in [0.717, 1.165) is 25.9 Å². The van der Waals surface area contributed by atoms with Crippen LogP contribution in [0.25, 0.3) is 16.7 Å². The number of nitrogens with zero attached hydrogens (tertiary/aromatic N) is 5. The van der Waals surface area contributed by atoms with Gasteiger partial charge in [-0.05, 0) is 37.1 Å². The lowest BCUT2D eigenvalue weighted by Gasteiger charge is -2.15. The van der Waals surface area contributed by atoms with E-state index in [0.29, 0.717) is 16.7 Å². The van der Waals surface area contributed by atoms with Crippen LogP contribution >= 0.6 is 0 Å². The zero-order valence-electron chi connectivity index (χ0n) is 13.4. The van der Waals surface area contributed by atoms with Crippen molar-refractivity contribution in [2.45, 2.75) is 19.4 Å². The van der Waals surface area contributed by atoms with Gasteiger partial charge in [-0.3, -0.25) is 14.2 Å². The van der Waals surface area contributed by atoms with Gasteiger partial charge in [0.2, 0.25) is 5.91 Å². The Bertz CT molecular complexity index is 986. The van der Waals surface area contributed by atoms with Crippen molar-refractivity contribution in [2.24, 2.45) is 0 Å². The third-order valence-electron chi connectivity index (χ3n) is 4.39. The molecule has 0 atom stereocenters. The summed E-state index contributed by atoms with van der Waals surface area (Å²) in [6.45, 7) is 1.46. The van der Waals surface area contributed by atoms with Crippen LogP contribution in [0.15, 0.2) is 41.6 Å². The molecule has 7 nitrogen and oxygen atoms in total. The molecule has 1 aliphatic rings. The predicted molar refractivity (Wildman–Crippen MR) is 88.9 cm³/mol. The highest BCUT2D eigenvalue weighted by atomic mass is 19.1. The standard InChI is InChI=1S/C17H16FN5O2/c18-12-3-5-13(6-4-12)23-16-14(9-20-23)17(25)22(11-19-16)10-15(24)21-7-1-2-8-21/h3-6,9,11H,1-2,7-8,10H2. The van der Waals surface area contributed by atoms with Crippen LogP contribution in [0.3, 0.4) is 0 Å². The molecule has 1 aliphatic heterocycles. The molecule has 0 saturated carbocycles. The summed E-state index contributed by atoms with van der Waals surface area (Å²) in [5.41, 5.74) is 0.668. The van der Waals surface area contributed by atoms with E-state index in [-0.39, 0.29) is 23.8 Å². The fourth-order valence-electron chi connectivity index (χ4n) is 3.04. The van der Waals surface area contributed by atoms with Crippen molar-refractivity contribution in [1.82, 2.24) is 24.2 Å². The molecule has 1 aromatic carbocycles. The van der Waals surface area contributed by atoms with Gasteiger partial charge in [-0.1, -0.05) is 0 Å². The summed E-state index contributed by atoms with van der Waals surface area (Å²) in [4.78, 5) is 30.9. The van der Waals surface area contributed by atoms with Crippen LogP contribution in [0, 0.1) is 5.82 Å². The van der Waals surface area contributed by atoms with Crippen LogP contribution in [0.4, 0.5) is 4.39 Å². The Kier molecular flexibility index (Phi) is 3.79. The maximum atomic E-state index is 13.1. The van der Waals surface area contributed by atoms with Gasteiger partial charge in [-0.15, -0.1) is 0 Å². The summed E-state index contributed by atoms with van der Waals surface area (Å²) in [6.07, 6.45) is 4.79. The average Bonchev–Trinajstić information content (AvgIpc) is 3.28. The summed E-state index contributed by atoms with van der Waals surface area (Å²) < 4.78 is 15.9. The third kappa shape index (κ3) is 2.79. The van der Waals surface area contributed by atoms with E-state index in [1.54, 1.807) is 17.0 Å². The average molecular weight is 341 g/mol. The molecule has 0 radical (unpaired) electrons. The number of carbonyl (C=O) groups is 1. The molecular weight excluding hydrogens is 325 g/mol. The topological polar surface area (TPSA) is 73.0 Å². The largest absolute Gasteiger partial charge is 0.341 e. The van der Waals surface area contributed by atoms with Crippen molar-refractivity contribution >= 4 is 16.9 Å². The molecule has 2 aromatic heterocycles. The van der Waals surface area contributed by atoms with Gasteiger partial charge in [-0.2, -0.15) is 5.10 Å². The highest BCUT2D eigenvalue weighted by Crippen LogP contribution is 2.14. The summed E-state index contributed by atoms with van der Waals surface area (Å²) in [5.74, 6) is -0.428. The van der Waals surface area contributed by atoms with E-state index in [1.807, 2.05) is 0 Å². The predicted octanol–water partition coefficient (Wildman–Crippen LogP) is 1.34. The number of halogens is 1. The van der Waals surface area contributed by atoms with Crippen molar-refractivity contribution in [1.29, 1.82) is 0 Å². The minimum absolute atomic E-state index is 0.0243. The van der Waals surface area contributed by atoms with Gasteiger partial charge in [0.15, 0.2) is 5.65 Å². The highest BCUT2D eigenvalue weighted by Gasteiger charge is 2.19. The zero-order chi connectivity index (χ0) is 17.4. The van der Waals surface area contributed by atoms with Crippen molar-refractivity contribution in [3.05, 3.63) is 53.0 Å². The van der Waals surface area contributed by atoms with Gasteiger partial charge in [0, 0.05) is 13.1 Å². The summed E-state index contributed by atoms with van der Waals surface area (Å²) in [5, 5.41) is 4.50. The number of hydrogen-bond acceptors (Lipinski definition) is 4. The molecule has 0 bridgehead atoms. The first-order valence-electron chi connectivity index (χ1n) is 8.10. The van der Waals surface area contributed by atoms with E-state index in [4.69, 9.17) is 0 Å². The number of benzene rings is 1. The molecule has 8 heteroatoms. The minimum Gasteiger partial charge on any atom is -0.341 e. The maximum absolute atomic E-state index is 13.1. The number of rotatable bonds is 3. The van der Waals surface area contributed by atoms with Gasteiger partial charge in [-0.25, -0.2) is 14.1 Å². The lowest BCUT2D eigenvalue weighted by atomic mass is 10.3. The molecular formula is C17H16FN5O2. The Balaban J connectivity index is 1.68. The normalized spacial score (nSPS) is 14.4. The number of carbonyl (C=O) groups excluding carboxylic acids is 1. The molecule has 4 rings (SSSR count). The smallest absolute Gasteiger partial charge is 0.264 e. The van der Waals surface area contributed by atoms with Crippen molar-refractivity contribution in [3.63, 3.8) is 0 Å². The van der Waals surface area contributed by atoms with Crippen molar-refractivity contribution in [3.8, 4) is 5.69 Å². The van der Waals surface area contributed by atoms with Gasteiger partial charge in [0.1, 0.15) is 24.1 Å². The van der Waals surface area contributed by atoms with E-state index in [9.17, 15) is 14.0 Å². The van der Waals surface area contributed by atoms with Crippen LogP contribution in [0.1, 0.15) is 12.8 Å². The van der Waals surface area contributed by atoms with Crippen LogP contribution in [-0.4, -0.2) is 43.2 Å². The van der Waals surface area contributed by atoms with E-state index in [1.165, 1.54) is 33.9 Å². The van der Waals surface area contributed by atoms with Gasteiger partial charge >= 0.3 is 0 Å². The number of hydrogen-bond donors (Lipinski definition) is 0. The highest BCUT2D eigenvalue weighted by molar-refractivity contribution is 5.78. The molecule has 25 heavy (non-hydrogen) atoms. The Hall–Kier alpha value is -3.03. The van der Waals surface area contributed by atoms with Gasteiger partial charge in [0.25, 0.3) is 5.56 Å². The van der Waals surface area contributed by atoms with Crippen molar-refractivity contribution < 1.29 is 9.18 Å². The monoisotopic (exact) mass is 341 g/mol. The lowest BCUT2D eigenvalue weighted by Crippen LogP contribution is -2.34. The Morgan fingerprint density at radius 1 is 1.16 bits per heavy atom. The van der Waals surface area contributed by atoms with Gasteiger partial charge < -0.3 is 4.90 Å². The van der Waals surface area contributed by atoms with E-state index >= 15 is 0 Å². The molecule has 0 unspecified atom stereocenters. The molecule has 128 valence electrons. The second kappa shape index (κ2) is 6.12. The van der Waals surface area contributed by atoms with Crippen LogP contribution in [-0.2, 0) is 11.3 Å². The Morgan fingerprint density at radius 3 is 2.60 bits per heavy atom. The van der Waals surface area contributed by atoms with E-state index < -0.39 is 0 Å². The molecule has 1 amide bonds. The third-order valence-corrected chi connectivity index (χ3v) is 4.39. The van der Waals surface area contributed by atoms with Crippen LogP contribution in [0.2, 0.25) is 0 Å². The Labute approximate surface area is 142 Å². The molecule has 1 saturated heterocycles. The first-order chi connectivity index (χ1) is 12.1. The van der Waals surface area contributed by atoms with E-state index in [2.05, 4.69) is 10.1 Å². The first-order valence-corrected chi connectivity index (χ1v) is 8.10. The summed E-state index contributed by atoms with van der Waals surface area (Å²) in [7, 11) is 0. The fraction of sp³-hybridized carbons (Fsp3) is 0.294. The SMILES string of the molecule is O=C(Cn1cnc2c(cnn2-c2ccc(F)cc2)c1=O)N1CCCC1. The minimum atomic E-state index is -0.351. The number of fused-ring (bicyclic) bond motifs is 1. The fourth-order valence-corrected chi connectivity index (χ4v) is 3.04. The molecule has 1 fully saturated rings. The first kappa shape index (κ1) is 15.5. The van der Waals surface area contributed by atoms with Crippen LogP contribution in [0.5, 0.6) is 0 Å². The van der Waals surface area contributed by atoms with Crippen molar-refractivity contribution in [2.75, 3.05) is 13.1 Å². The number of likely N-dealkylation sites (tertiary alicyclic amines) is 1. The van der Waals surface area contributed by atoms with Gasteiger partial charge in [0.05, 0.1) is 11.9 Å². The summed E-state index contributed by atoms with van der Waals surface area (Å²) >= 11 is 0. The Morgan fingerprint density at radius 2 is 1.88 bits per heavy atom. The molecule has 3 aromatic rings. The second-order valence-corrected chi connectivity index (χ2v) is 6.04.